The number of nitrogens with one attached hydrogen (secondary N) is 1. The Morgan fingerprint density at radius 1 is 1.58 bits per heavy atom. The molecule has 1 fully saturated rings. The van der Waals surface area contributed by atoms with Gasteiger partial charge in [-0.2, -0.15) is 0 Å². The Morgan fingerprint density at radius 3 is 2.84 bits per heavy atom. The van der Waals surface area contributed by atoms with Crippen LogP contribution < -0.4 is 16.0 Å². The van der Waals surface area contributed by atoms with Gasteiger partial charge in [0.25, 0.3) is 5.91 Å². The lowest BCUT2D eigenvalue weighted by molar-refractivity contribution is 0.0951. The molecule has 0 radical (unpaired) electrons. The fourth-order valence-corrected chi connectivity index (χ4v) is 2.20. The lowest BCUT2D eigenvalue weighted by atomic mass is 9.80. The Morgan fingerprint density at radius 2 is 2.26 bits per heavy atom. The Balaban J connectivity index is 2.07. The van der Waals surface area contributed by atoms with Crippen LogP contribution in [0.15, 0.2) is 18.3 Å². The standard InChI is InChI=1S/C14H22N4O/c1-4-16-13(19)12-7-11(5-6-17-12)18-8-14(15,9-18)10(2)3/h5-7,10H,4,8-9,15H2,1-3H3,(H,16,19). The van der Waals surface area contributed by atoms with Gasteiger partial charge >= 0.3 is 0 Å². The first-order valence-electron chi connectivity index (χ1n) is 6.74. The molecule has 1 amide bonds. The van der Waals surface area contributed by atoms with Crippen LogP contribution in [-0.4, -0.2) is 36.1 Å². The molecule has 2 rings (SSSR count). The Labute approximate surface area is 114 Å². The van der Waals surface area contributed by atoms with Crippen molar-refractivity contribution in [3.8, 4) is 0 Å². The number of hydrogen-bond acceptors (Lipinski definition) is 4. The first-order chi connectivity index (χ1) is 8.96. The Hall–Kier alpha value is -1.62. The van der Waals surface area contributed by atoms with Crippen LogP contribution in [0, 0.1) is 5.92 Å². The van der Waals surface area contributed by atoms with Gasteiger partial charge in [-0.25, -0.2) is 0 Å². The van der Waals surface area contributed by atoms with Crippen molar-refractivity contribution in [1.82, 2.24) is 10.3 Å². The number of amides is 1. The van der Waals surface area contributed by atoms with Crippen molar-refractivity contribution in [2.75, 3.05) is 24.5 Å². The van der Waals surface area contributed by atoms with E-state index in [-0.39, 0.29) is 11.4 Å². The average Bonchev–Trinajstić information content (AvgIpc) is 2.35. The minimum Gasteiger partial charge on any atom is -0.368 e. The summed E-state index contributed by atoms with van der Waals surface area (Å²) in [6.45, 7) is 8.43. The maximum Gasteiger partial charge on any atom is 0.269 e. The van der Waals surface area contributed by atoms with Gasteiger partial charge in [-0.05, 0) is 25.0 Å². The van der Waals surface area contributed by atoms with Crippen molar-refractivity contribution in [3.63, 3.8) is 0 Å². The van der Waals surface area contributed by atoms with E-state index in [9.17, 15) is 4.79 Å². The largest absolute Gasteiger partial charge is 0.368 e. The van der Waals surface area contributed by atoms with Gasteiger partial charge in [-0.1, -0.05) is 13.8 Å². The molecule has 2 heterocycles. The lowest BCUT2D eigenvalue weighted by Gasteiger charge is -2.51. The third-order valence-electron chi connectivity index (χ3n) is 3.80. The van der Waals surface area contributed by atoms with E-state index >= 15 is 0 Å². The lowest BCUT2D eigenvalue weighted by Crippen LogP contribution is -2.70. The third kappa shape index (κ3) is 2.71. The van der Waals surface area contributed by atoms with Crippen LogP contribution >= 0.6 is 0 Å². The van der Waals surface area contributed by atoms with Gasteiger partial charge in [0.15, 0.2) is 0 Å². The number of anilines is 1. The number of hydrogen-bond donors (Lipinski definition) is 2. The predicted octanol–water partition coefficient (Wildman–Crippen LogP) is 1.00. The van der Waals surface area contributed by atoms with Crippen LogP contribution in [-0.2, 0) is 0 Å². The maximum absolute atomic E-state index is 11.7. The molecule has 104 valence electrons. The predicted molar refractivity (Wildman–Crippen MR) is 76.2 cm³/mol. The summed E-state index contributed by atoms with van der Waals surface area (Å²) < 4.78 is 0. The van der Waals surface area contributed by atoms with Crippen LogP contribution in [0.5, 0.6) is 0 Å². The zero-order valence-electron chi connectivity index (χ0n) is 11.8. The van der Waals surface area contributed by atoms with Gasteiger partial charge < -0.3 is 16.0 Å². The van der Waals surface area contributed by atoms with Crippen LogP contribution in [0.4, 0.5) is 5.69 Å². The second kappa shape index (κ2) is 5.17. The van der Waals surface area contributed by atoms with E-state index in [1.807, 2.05) is 19.1 Å². The number of pyridine rings is 1. The minimum atomic E-state index is -0.132. The molecule has 1 aromatic rings. The highest BCUT2D eigenvalue weighted by atomic mass is 16.1. The number of carbonyl (C=O) groups excluding carboxylic acids is 1. The molecule has 3 N–H and O–H groups in total. The fraction of sp³-hybridized carbons (Fsp3) is 0.571. The maximum atomic E-state index is 11.7. The van der Waals surface area contributed by atoms with E-state index < -0.39 is 0 Å². The molecule has 1 saturated heterocycles. The molecule has 0 unspecified atom stereocenters. The first-order valence-corrected chi connectivity index (χ1v) is 6.74. The van der Waals surface area contributed by atoms with E-state index in [1.165, 1.54) is 0 Å². The number of carbonyl (C=O) groups is 1. The van der Waals surface area contributed by atoms with Crippen molar-refractivity contribution in [3.05, 3.63) is 24.0 Å². The zero-order chi connectivity index (χ0) is 14.0. The summed E-state index contributed by atoms with van der Waals surface area (Å²) in [5, 5.41) is 2.75. The molecular weight excluding hydrogens is 240 g/mol. The summed E-state index contributed by atoms with van der Waals surface area (Å²) in [4.78, 5) is 18.0. The number of rotatable bonds is 4. The van der Waals surface area contributed by atoms with E-state index in [0.717, 1.165) is 18.8 Å². The molecule has 1 aliphatic rings. The third-order valence-corrected chi connectivity index (χ3v) is 3.80. The topological polar surface area (TPSA) is 71.2 Å². The van der Waals surface area contributed by atoms with Gasteiger partial charge in [0.05, 0.1) is 5.54 Å². The monoisotopic (exact) mass is 262 g/mol. The van der Waals surface area contributed by atoms with E-state index in [0.29, 0.717) is 18.2 Å². The molecule has 0 aliphatic carbocycles. The molecule has 5 nitrogen and oxygen atoms in total. The zero-order valence-corrected chi connectivity index (χ0v) is 11.8. The first kappa shape index (κ1) is 13.8. The van der Waals surface area contributed by atoms with Crippen molar-refractivity contribution in [1.29, 1.82) is 0 Å². The van der Waals surface area contributed by atoms with Gasteiger partial charge in [-0.15, -0.1) is 0 Å². The SMILES string of the molecule is CCNC(=O)c1cc(N2CC(N)(C(C)C)C2)ccn1. The van der Waals surface area contributed by atoms with Gasteiger partial charge in [0.2, 0.25) is 0 Å². The van der Waals surface area contributed by atoms with Crippen LogP contribution in [0.1, 0.15) is 31.3 Å². The molecule has 0 saturated carbocycles. The molecule has 0 atom stereocenters. The van der Waals surface area contributed by atoms with Crippen LogP contribution in [0.2, 0.25) is 0 Å². The molecule has 1 aliphatic heterocycles. The Bertz CT molecular complexity index is 466. The number of aromatic nitrogens is 1. The summed E-state index contributed by atoms with van der Waals surface area (Å²) in [5.74, 6) is 0.321. The summed E-state index contributed by atoms with van der Waals surface area (Å²) >= 11 is 0. The number of nitrogens with zero attached hydrogens (tertiary/aromatic N) is 2. The van der Waals surface area contributed by atoms with E-state index in [1.54, 1.807) is 6.20 Å². The summed E-state index contributed by atoms with van der Waals surface area (Å²) in [6, 6.07) is 3.74. The van der Waals surface area contributed by atoms with E-state index in [4.69, 9.17) is 5.73 Å². The van der Waals surface area contributed by atoms with Gasteiger partial charge in [-0.3, -0.25) is 9.78 Å². The molecule has 19 heavy (non-hydrogen) atoms. The van der Waals surface area contributed by atoms with E-state index in [2.05, 4.69) is 29.0 Å². The molecule has 0 spiro atoms. The van der Waals surface area contributed by atoms with Gasteiger partial charge in [0.1, 0.15) is 5.69 Å². The quantitative estimate of drug-likeness (QED) is 0.849. The van der Waals surface area contributed by atoms with Gasteiger partial charge in [0, 0.05) is 31.5 Å². The van der Waals surface area contributed by atoms with Crippen molar-refractivity contribution < 1.29 is 4.79 Å². The smallest absolute Gasteiger partial charge is 0.269 e. The molecule has 0 bridgehead atoms. The molecule has 5 heteroatoms. The highest BCUT2D eigenvalue weighted by Crippen LogP contribution is 2.30. The highest BCUT2D eigenvalue weighted by Gasteiger charge is 2.42. The van der Waals surface area contributed by atoms with Crippen molar-refractivity contribution >= 4 is 11.6 Å². The van der Waals surface area contributed by atoms with Crippen LogP contribution in [0.25, 0.3) is 0 Å². The molecular formula is C14H22N4O. The second-order valence-electron chi connectivity index (χ2n) is 5.50. The van der Waals surface area contributed by atoms with Crippen molar-refractivity contribution in [2.24, 2.45) is 11.7 Å². The summed E-state index contributed by atoms with van der Waals surface area (Å²) in [6.07, 6.45) is 1.67. The number of nitrogens with two attached hydrogens (primary N) is 1. The summed E-state index contributed by atoms with van der Waals surface area (Å²) in [5.41, 5.74) is 7.64. The average molecular weight is 262 g/mol. The Kier molecular flexibility index (Phi) is 3.75. The fourth-order valence-electron chi connectivity index (χ4n) is 2.20. The van der Waals surface area contributed by atoms with Crippen molar-refractivity contribution in [2.45, 2.75) is 26.3 Å². The molecule has 0 aromatic carbocycles. The second-order valence-corrected chi connectivity index (χ2v) is 5.50. The van der Waals surface area contributed by atoms with Crippen LogP contribution in [0.3, 0.4) is 0 Å². The highest BCUT2D eigenvalue weighted by molar-refractivity contribution is 5.93. The molecule has 1 aromatic heterocycles. The normalized spacial score (nSPS) is 17.2. The minimum absolute atomic E-state index is 0.116. The summed E-state index contributed by atoms with van der Waals surface area (Å²) in [7, 11) is 0.